The normalized spacial score (nSPS) is 45.2. The van der Waals surface area contributed by atoms with E-state index in [0.717, 1.165) is 18.6 Å². The monoisotopic (exact) mass is 474 g/mol. The first kappa shape index (κ1) is 25.6. The number of urea groups is 1. The fourth-order valence-corrected chi connectivity index (χ4v) is 6.60. The van der Waals surface area contributed by atoms with Crippen molar-refractivity contribution in [3.05, 3.63) is 0 Å². The molecule has 0 aromatic heterocycles. The molecular formula is C22H38N2O7S. The van der Waals surface area contributed by atoms with Crippen LogP contribution in [0.4, 0.5) is 4.79 Å². The Bertz CT molecular complexity index is 755. The molecule has 184 valence electrons. The summed E-state index contributed by atoms with van der Waals surface area (Å²) in [6.45, 7) is 8.75. The minimum atomic E-state index is -1.93. The van der Waals surface area contributed by atoms with Crippen molar-refractivity contribution in [2.24, 2.45) is 0 Å². The summed E-state index contributed by atoms with van der Waals surface area (Å²) >= 11 is 1.84. The molecule has 5 unspecified atom stereocenters. The van der Waals surface area contributed by atoms with Gasteiger partial charge < -0.3 is 35.4 Å². The van der Waals surface area contributed by atoms with Crippen molar-refractivity contribution in [3.8, 4) is 0 Å². The van der Waals surface area contributed by atoms with Crippen LogP contribution < -0.4 is 10.6 Å². The van der Waals surface area contributed by atoms with E-state index in [9.17, 15) is 24.9 Å². The van der Waals surface area contributed by atoms with Gasteiger partial charge in [0, 0.05) is 17.4 Å². The van der Waals surface area contributed by atoms with Crippen LogP contribution in [0.1, 0.15) is 67.2 Å². The zero-order chi connectivity index (χ0) is 24.2. The van der Waals surface area contributed by atoms with E-state index in [0.29, 0.717) is 11.7 Å². The van der Waals surface area contributed by atoms with E-state index in [1.807, 2.05) is 11.8 Å². The highest BCUT2D eigenvalue weighted by molar-refractivity contribution is 8.00. The van der Waals surface area contributed by atoms with Crippen LogP contribution in [-0.2, 0) is 14.3 Å². The van der Waals surface area contributed by atoms with E-state index in [-0.39, 0.29) is 31.1 Å². The van der Waals surface area contributed by atoms with Gasteiger partial charge in [0.2, 0.25) is 0 Å². The van der Waals surface area contributed by atoms with Gasteiger partial charge in [-0.3, -0.25) is 4.79 Å². The molecule has 0 bridgehead atoms. The van der Waals surface area contributed by atoms with E-state index in [1.165, 1.54) is 20.8 Å². The number of carbonyl (C=O) groups is 2. The number of rotatable bonds is 7. The van der Waals surface area contributed by atoms with Crippen LogP contribution in [0.5, 0.6) is 0 Å². The first-order valence-electron chi connectivity index (χ1n) is 11.3. The number of hydrogen-bond donors (Lipinski definition) is 5. The Hall–Kier alpha value is -1.07. The Morgan fingerprint density at radius 2 is 1.72 bits per heavy atom. The molecule has 0 aliphatic carbocycles. The number of ether oxygens (including phenoxy) is 2. The second kappa shape index (κ2) is 8.30. The van der Waals surface area contributed by atoms with Crippen LogP contribution >= 0.6 is 11.8 Å². The summed E-state index contributed by atoms with van der Waals surface area (Å²) in [5.41, 5.74) is -8.21. The van der Waals surface area contributed by atoms with Crippen molar-refractivity contribution in [2.75, 3.05) is 12.4 Å². The van der Waals surface area contributed by atoms with Crippen molar-refractivity contribution >= 4 is 23.8 Å². The van der Waals surface area contributed by atoms with E-state index in [1.54, 1.807) is 20.8 Å². The Kier molecular flexibility index (Phi) is 6.63. The van der Waals surface area contributed by atoms with Gasteiger partial charge in [-0.1, -0.05) is 6.42 Å². The fraction of sp³-hybridized carbons (Fsp3) is 0.909. The third-order valence-electron chi connectivity index (χ3n) is 8.14. The van der Waals surface area contributed by atoms with Crippen LogP contribution in [0.3, 0.4) is 0 Å². The number of carbonyl (C=O) groups excluding carboxylic acids is 2. The number of aliphatic hydroxyl groups is 3. The molecule has 0 saturated carbocycles. The molecule has 3 saturated heterocycles. The summed E-state index contributed by atoms with van der Waals surface area (Å²) in [4.78, 5) is 23.8. The topological polar surface area (TPSA) is 137 Å². The highest BCUT2D eigenvalue weighted by Crippen LogP contribution is 2.53. The Balaban J connectivity index is 1.49. The first-order valence-corrected chi connectivity index (χ1v) is 12.3. The van der Waals surface area contributed by atoms with E-state index < -0.39 is 34.0 Å². The first-order chi connectivity index (χ1) is 14.6. The number of fused-ring (bicyclic) bond motifs is 1. The number of thioether (sulfide) groups is 1. The van der Waals surface area contributed by atoms with Gasteiger partial charge in [-0.2, -0.15) is 11.8 Å². The predicted octanol–water partition coefficient (Wildman–Crippen LogP) is 1.08. The molecule has 9 nitrogen and oxygen atoms in total. The molecule has 32 heavy (non-hydrogen) atoms. The van der Waals surface area contributed by atoms with Gasteiger partial charge in [-0.25, -0.2) is 4.79 Å². The van der Waals surface area contributed by atoms with Gasteiger partial charge in [0.1, 0.15) is 29.0 Å². The molecule has 3 fully saturated rings. The molecule has 3 aliphatic heterocycles. The predicted molar refractivity (Wildman–Crippen MR) is 120 cm³/mol. The summed E-state index contributed by atoms with van der Waals surface area (Å²) in [6, 6.07) is 0.235. The Labute approximate surface area is 194 Å². The molecule has 3 heterocycles. The molecule has 3 aliphatic rings. The summed E-state index contributed by atoms with van der Waals surface area (Å²) in [5.74, 6) is 0.495. The molecule has 0 radical (unpaired) electrons. The minimum Gasteiger partial charge on any atom is -0.462 e. The molecule has 2 amide bonds. The molecule has 3 rings (SSSR count). The number of nitrogens with one attached hydrogen (secondary N) is 2. The number of unbranched alkanes of at least 4 members (excludes halogenated alkanes) is 1. The molecule has 5 N–H and O–H groups in total. The summed E-state index contributed by atoms with van der Waals surface area (Å²) in [6.07, 6.45) is 2.62. The fourth-order valence-electron chi connectivity index (χ4n) is 5.06. The van der Waals surface area contributed by atoms with Crippen LogP contribution in [0.2, 0.25) is 0 Å². The van der Waals surface area contributed by atoms with Crippen LogP contribution in [0.25, 0.3) is 0 Å². The zero-order valence-electron chi connectivity index (χ0n) is 19.9. The zero-order valence-corrected chi connectivity index (χ0v) is 20.7. The molecule has 0 aromatic rings. The average Bonchev–Trinajstić information content (AvgIpc) is 3.21. The molecule has 0 aromatic carbocycles. The molecule has 10 heteroatoms. The van der Waals surface area contributed by atoms with Gasteiger partial charge in [-0.15, -0.1) is 0 Å². The third kappa shape index (κ3) is 4.02. The second-order valence-electron chi connectivity index (χ2n) is 10.6. The van der Waals surface area contributed by atoms with E-state index in [4.69, 9.17) is 9.47 Å². The number of amides is 2. The highest BCUT2D eigenvalue weighted by atomic mass is 32.2. The smallest absolute Gasteiger partial charge is 0.315 e. The van der Waals surface area contributed by atoms with Crippen molar-refractivity contribution in [3.63, 3.8) is 0 Å². The van der Waals surface area contributed by atoms with Crippen molar-refractivity contribution < 1.29 is 34.4 Å². The lowest BCUT2D eigenvalue weighted by Crippen LogP contribution is -2.83. The maximum atomic E-state index is 12.4. The lowest BCUT2D eigenvalue weighted by atomic mass is 9.59. The maximum absolute atomic E-state index is 12.4. The molecular weight excluding hydrogens is 436 g/mol. The van der Waals surface area contributed by atoms with Crippen LogP contribution in [-0.4, -0.2) is 85.0 Å². The number of hydrogen-bond acceptors (Lipinski definition) is 8. The standard InChI is InChI=1S/C22H38N2O7S/c1-18(2)20(4,27)22(6,29)21(5,28)19(3,31-18)12-30-15(25)10-8-7-9-14-16-13(11-32-14)23-17(26)24-16/h13-14,16,27-29H,7-12H2,1-6H3,(H2,23,24,26)/t13-,14?,16-,19?,20?,21?,22?/m0/s1. The quantitative estimate of drug-likeness (QED) is 0.210. The van der Waals surface area contributed by atoms with Gasteiger partial charge in [0.25, 0.3) is 0 Å². The number of esters is 1. The summed E-state index contributed by atoms with van der Waals surface area (Å²) < 4.78 is 11.5. The van der Waals surface area contributed by atoms with Gasteiger partial charge in [0.15, 0.2) is 0 Å². The van der Waals surface area contributed by atoms with Gasteiger partial charge in [-0.05, 0) is 54.4 Å². The second-order valence-corrected chi connectivity index (χ2v) is 11.9. The lowest BCUT2D eigenvalue weighted by Gasteiger charge is -2.65. The molecule has 0 spiro atoms. The highest BCUT2D eigenvalue weighted by Gasteiger charge is 2.72. The minimum absolute atomic E-state index is 0.105. The third-order valence-corrected chi connectivity index (χ3v) is 9.65. The van der Waals surface area contributed by atoms with Crippen molar-refractivity contribution in [1.29, 1.82) is 0 Å². The van der Waals surface area contributed by atoms with E-state index in [2.05, 4.69) is 10.6 Å². The van der Waals surface area contributed by atoms with Crippen molar-refractivity contribution in [1.82, 2.24) is 10.6 Å². The summed E-state index contributed by atoms with van der Waals surface area (Å²) in [7, 11) is 0. The lowest BCUT2D eigenvalue weighted by molar-refractivity contribution is -0.398. The van der Waals surface area contributed by atoms with Gasteiger partial charge >= 0.3 is 12.0 Å². The largest absolute Gasteiger partial charge is 0.462 e. The van der Waals surface area contributed by atoms with Crippen LogP contribution in [0, 0.1) is 0 Å². The SMILES string of the molecule is CC1(C)OC(C)(COC(=O)CCCCC2SC[C@@H]3NC(=O)N[C@H]23)C(C)(O)C(C)(O)C1(C)O. The van der Waals surface area contributed by atoms with Gasteiger partial charge in [0.05, 0.1) is 17.7 Å². The van der Waals surface area contributed by atoms with E-state index >= 15 is 0 Å². The molecule has 7 atom stereocenters. The maximum Gasteiger partial charge on any atom is 0.315 e. The average molecular weight is 475 g/mol. The Morgan fingerprint density at radius 1 is 1.06 bits per heavy atom. The van der Waals surface area contributed by atoms with Crippen molar-refractivity contribution in [2.45, 2.75) is 113 Å². The van der Waals surface area contributed by atoms with Crippen LogP contribution in [0.15, 0.2) is 0 Å². The Morgan fingerprint density at radius 3 is 2.38 bits per heavy atom. The summed E-state index contributed by atoms with van der Waals surface area (Å²) in [5, 5.41) is 39.4.